The molecule has 2 nitrogen and oxygen atoms in total. The molecule has 0 aromatic heterocycles. The van der Waals surface area contributed by atoms with Crippen LogP contribution in [0.4, 0.5) is 0 Å². The summed E-state index contributed by atoms with van der Waals surface area (Å²) in [7, 11) is -1.76. The molecule has 0 aromatic carbocycles. The van der Waals surface area contributed by atoms with E-state index in [2.05, 4.69) is 0 Å². The van der Waals surface area contributed by atoms with Gasteiger partial charge < -0.3 is 0 Å². The second kappa shape index (κ2) is 4.23. The third kappa shape index (κ3) is 5.11. The molecule has 0 heterocycles. The Morgan fingerprint density at radius 3 is 2.20 bits per heavy atom. The zero-order valence-corrected chi connectivity index (χ0v) is 8.26. The third-order valence-corrected chi connectivity index (χ3v) is 4.91. The summed E-state index contributed by atoms with van der Waals surface area (Å²) in [5, 5.41) is 0.177. The van der Waals surface area contributed by atoms with Gasteiger partial charge in [-0.05, 0) is 17.2 Å². The third-order valence-electron chi connectivity index (χ3n) is 0.793. The maximum absolute atomic E-state index is 11.0. The van der Waals surface area contributed by atoms with Crippen LogP contribution in [0.3, 0.4) is 0 Å². The average Bonchev–Trinajstić information content (AvgIpc) is 1.59. The van der Waals surface area contributed by atoms with Gasteiger partial charge in [0.05, 0.1) is 5.75 Å². The van der Waals surface area contributed by atoms with Gasteiger partial charge in [-0.1, -0.05) is 20.8 Å². The van der Waals surface area contributed by atoms with E-state index >= 15 is 0 Å². The van der Waals surface area contributed by atoms with E-state index in [-0.39, 0.29) is 5.25 Å². The SMILES string of the molecule is CCCS(=O)(=O)SC(C)C. The lowest BCUT2D eigenvalue weighted by Crippen LogP contribution is -2.03. The summed E-state index contributed by atoms with van der Waals surface area (Å²) in [5.74, 6) is 0.301. The molecule has 0 aliphatic rings. The van der Waals surface area contributed by atoms with E-state index in [0.717, 1.165) is 10.8 Å². The molecule has 62 valence electrons. The molecule has 0 aliphatic heterocycles. The van der Waals surface area contributed by atoms with Crippen molar-refractivity contribution < 1.29 is 8.42 Å². The van der Waals surface area contributed by atoms with Gasteiger partial charge in [0.25, 0.3) is 0 Å². The van der Waals surface area contributed by atoms with Crippen molar-refractivity contribution in [3.8, 4) is 0 Å². The van der Waals surface area contributed by atoms with Crippen molar-refractivity contribution in [2.24, 2.45) is 0 Å². The topological polar surface area (TPSA) is 34.1 Å². The summed E-state index contributed by atoms with van der Waals surface area (Å²) in [4.78, 5) is 0. The maximum atomic E-state index is 11.0. The molecule has 0 N–H and O–H groups in total. The molecule has 4 heteroatoms. The molecular weight excluding hydrogens is 168 g/mol. The van der Waals surface area contributed by atoms with E-state index in [9.17, 15) is 8.42 Å². The summed E-state index contributed by atoms with van der Waals surface area (Å²) in [6, 6.07) is 0. The summed E-state index contributed by atoms with van der Waals surface area (Å²) in [6.45, 7) is 5.65. The standard InChI is InChI=1S/C6H14O2S2/c1-4-5-10(7,8)9-6(2)3/h6H,4-5H2,1-3H3. The Labute approximate surface area is 66.7 Å². The van der Waals surface area contributed by atoms with Gasteiger partial charge in [-0.2, -0.15) is 0 Å². The second-order valence-electron chi connectivity index (χ2n) is 2.41. The van der Waals surface area contributed by atoms with E-state index in [1.54, 1.807) is 0 Å². The van der Waals surface area contributed by atoms with Crippen molar-refractivity contribution in [1.82, 2.24) is 0 Å². The summed E-state index contributed by atoms with van der Waals surface area (Å²) < 4.78 is 22.0. The van der Waals surface area contributed by atoms with Crippen LogP contribution < -0.4 is 0 Å². The van der Waals surface area contributed by atoms with E-state index in [1.807, 2.05) is 20.8 Å². The van der Waals surface area contributed by atoms with Gasteiger partial charge in [-0.3, -0.25) is 0 Å². The van der Waals surface area contributed by atoms with Crippen LogP contribution in [0.5, 0.6) is 0 Å². The fourth-order valence-corrected chi connectivity index (χ4v) is 4.32. The van der Waals surface area contributed by atoms with E-state index in [1.165, 1.54) is 0 Å². The van der Waals surface area contributed by atoms with Gasteiger partial charge in [0.1, 0.15) is 0 Å². The van der Waals surface area contributed by atoms with Crippen LogP contribution in [0.2, 0.25) is 0 Å². The van der Waals surface area contributed by atoms with Crippen molar-refractivity contribution in [3.05, 3.63) is 0 Å². The Bertz CT molecular complexity index is 170. The first-order valence-corrected chi connectivity index (χ1v) is 6.43. The zero-order valence-electron chi connectivity index (χ0n) is 6.62. The Balaban J connectivity index is 3.89. The smallest absolute Gasteiger partial charge is 0.201 e. The molecule has 0 amide bonds. The van der Waals surface area contributed by atoms with E-state index in [0.29, 0.717) is 12.2 Å². The predicted molar refractivity (Wildman–Crippen MR) is 46.8 cm³/mol. The van der Waals surface area contributed by atoms with Crippen LogP contribution in [0.25, 0.3) is 0 Å². The van der Waals surface area contributed by atoms with Crippen molar-refractivity contribution in [1.29, 1.82) is 0 Å². The first kappa shape index (κ1) is 10.3. The molecule has 0 aliphatic carbocycles. The minimum Gasteiger partial charge on any atom is -0.217 e. The van der Waals surface area contributed by atoms with Gasteiger partial charge in [0, 0.05) is 5.25 Å². The minimum atomic E-state index is -2.81. The highest BCUT2D eigenvalue weighted by molar-refractivity contribution is 8.72. The van der Waals surface area contributed by atoms with Gasteiger partial charge in [-0.15, -0.1) is 0 Å². The van der Waals surface area contributed by atoms with E-state index < -0.39 is 8.87 Å². The number of hydrogen-bond donors (Lipinski definition) is 0. The van der Waals surface area contributed by atoms with E-state index in [4.69, 9.17) is 0 Å². The van der Waals surface area contributed by atoms with Crippen molar-refractivity contribution in [2.45, 2.75) is 32.4 Å². The lowest BCUT2D eigenvalue weighted by atomic mass is 10.6. The maximum Gasteiger partial charge on any atom is 0.201 e. The van der Waals surface area contributed by atoms with Crippen molar-refractivity contribution >= 4 is 19.7 Å². The molecule has 0 atom stereocenters. The normalized spacial score (nSPS) is 12.4. The second-order valence-corrected chi connectivity index (χ2v) is 7.17. The highest BCUT2D eigenvalue weighted by Gasteiger charge is 2.11. The van der Waals surface area contributed by atoms with Gasteiger partial charge >= 0.3 is 0 Å². The Hall–Kier alpha value is 0.300. The molecular formula is C6H14O2S2. The summed E-state index contributed by atoms with van der Waals surface area (Å²) in [6.07, 6.45) is 0.710. The lowest BCUT2D eigenvalue weighted by molar-refractivity contribution is 0.609. The van der Waals surface area contributed by atoms with Crippen LogP contribution in [0.1, 0.15) is 27.2 Å². The first-order chi connectivity index (χ1) is 4.48. The van der Waals surface area contributed by atoms with Crippen molar-refractivity contribution in [2.75, 3.05) is 5.75 Å². The first-order valence-electron chi connectivity index (χ1n) is 3.39. The van der Waals surface area contributed by atoms with Crippen molar-refractivity contribution in [3.63, 3.8) is 0 Å². The zero-order chi connectivity index (χ0) is 8.20. The average molecular weight is 182 g/mol. The molecule has 10 heavy (non-hydrogen) atoms. The van der Waals surface area contributed by atoms with Gasteiger partial charge in [-0.25, -0.2) is 8.42 Å². The largest absolute Gasteiger partial charge is 0.217 e. The lowest BCUT2D eigenvalue weighted by Gasteiger charge is -2.03. The summed E-state index contributed by atoms with van der Waals surface area (Å²) >= 11 is 0. The molecule has 0 unspecified atom stereocenters. The molecule has 0 saturated heterocycles. The van der Waals surface area contributed by atoms with Crippen LogP contribution >= 0.6 is 10.8 Å². The van der Waals surface area contributed by atoms with Crippen LogP contribution in [-0.2, 0) is 8.87 Å². The fourth-order valence-electron chi connectivity index (χ4n) is 0.591. The monoisotopic (exact) mass is 182 g/mol. The Morgan fingerprint density at radius 1 is 1.40 bits per heavy atom. The molecule has 0 rings (SSSR count). The van der Waals surface area contributed by atoms with Crippen LogP contribution in [-0.4, -0.2) is 19.4 Å². The van der Waals surface area contributed by atoms with Gasteiger partial charge in [0.15, 0.2) is 0 Å². The predicted octanol–water partition coefficient (Wildman–Crippen LogP) is 1.87. The van der Waals surface area contributed by atoms with Crippen LogP contribution in [0, 0.1) is 0 Å². The highest BCUT2D eigenvalue weighted by Crippen LogP contribution is 2.19. The number of rotatable bonds is 4. The molecule has 0 fully saturated rings. The van der Waals surface area contributed by atoms with Crippen LogP contribution in [0.15, 0.2) is 0 Å². The number of hydrogen-bond acceptors (Lipinski definition) is 3. The molecule has 0 saturated carbocycles. The summed E-state index contributed by atoms with van der Waals surface area (Å²) in [5.41, 5.74) is 0. The Kier molecular flexibility index (Phi) is 4.36. The molecule has 0 spiro atoms. The Morgan fingerprint density at radius 2 is 1.90 bits per heavy atom. The minimum absolute atomic E-state index is 0.177. The molecule has 0 bridgehead atoms. The molecule has 0 radical (unpaired) electrons. The quantitative estimate of drug-likeness (QED) is 0.622. The molecule has 0 aromatic rings. The fraction of sp³-hybridized carbons (Fsp3) is 1.00. The van der Waals surface area contributed by atoms with Gasteiger partial charge in [0.2, 0.25) is 8.87 Å². The highest BCUT2D eigenvalue weighted by atomic mass is 33.1.